The maximum absolute atomic E-state index is 2.69. The van der Waals surface area contributed by atoms with Crippen molar-refractivity contribution < 1.29 is 0 Å². The van der Waals surface area contributed by atoms with Crippen LogP contribution in [0.4, 0.5) is 0 Å². The summed E-state index contributed by atoms with van der Waals surface area (Å²) >= 11 is 0. The topological polar surface area (TPSA) is 0 Å². The van der Waals surface area contributed by atoms with E-state index in [1.807, 2.05) is 10.9 Å². The smallest absolute Gasteiger partial charge is 0.00331 e. The van der Waals surface area contributed by atoms with Crippen molar-refractivity contribution in [3.05, 3.63) is 34.7 Å². The summed E-state index contributed by atoms with van der Waals surface area (Å²) in [6.07, 6.45) is 14.5. The highest BCUT2D eigenvalue weighted by Crippen LogP contribution is 2.73. The Kier molecular flexibility index (Phi) is 2.60. The van der Waals surface area contributed by atoms with E-state index in [0.29, 0.717) is 0 Å². The van der Waals surface area contributed by atoms with Gasteiger partial charge in [0, 0.05) is 0 Å². The van der Waals surface area contributed by atoms with Gasteiger partial charge in [-0.25, -0.2) is 0 Å². The summed E-state index contributed by atoms with van der Waals surface area (Å²) in [6, 6.07) is 0. The predicted molar refractivity (Wildman–Crippen MR) is 80.1 cm³/mol. The minimum atomic E-state index is 0.187. The maximum atomic E-state index is 2.69. The van der Waals surface area contributed by atoms with E-state index in [4.69, 9.17) is 0 Å². The van der Waals surface area contributed by atoms with Crippen molar-refractivity contribution in [1.82, 2.24) is 0 Å². The molecule has 4 unspecified atom stereocenters. The van der Waals surface area contributed by atoms with Gasteiger partial charge in [0.15, 0.2) is 0 Å². The summed E-state index contributed by atoms with van der Waals surface area (Å²) < 4.78 is 0. The van der Waals surface area contributed by atoms with Crippen LogP contribution >= 0.6 is 7.92 Å². The molecule has 2 bridgehead atoms. The van der Waals surface area contributed by atoms with E-state index >= 15 is 0 Å². The highest BCUT2D eigenvalue weighted by atomic mass is 31.1. The Morgan fingerprint density at radius 2 is 1.83 bits per heavy atom. The highest BCUT2D eigenvalue weighted by molar-refractivity contribution is 7.63. The molecule has 0 saturated carbocycles. The molecule has 0 nitrogen and oxygen atoms in total. The van der Waals surface area contributed by atoms with Gasteiger partial charge >= 0.3 is 0 Å². The molecule has 1 aliphatic heterocycles. The third-order valence-corrected chi connectivity index (χ3v) is 8.80. The van der Waals surface area contributed by atoms with Gasteiger partial charge in [-0.15, -0.1) is 0 Å². The van der Waals surface area contributed by atoms with Crippen molar-refractivity contribution in [2.45, 2.75) is 45.2 Å². The second kappa shape index (κ2) is 4.07. The van der Waals surface area contributed by atoms with Crippen molar-refractivity contribution >= 4 is 7.92 Å². The van der Waals surface area contributed by atoms with Gasteiger partial charge in [-0.1, -0.05) is 40.0 Å². The zero-order valence-electron chi connectivity index (χ0n) is 11.5. The van der Waals surface area contributed by atoms with E-state index in [2.05, 4.69) is 32.1 Å². The molecule has 0 N–H and O–H groups in total. The SMILES string of the molecule is CCC1C2=C3C(CC)C1C=C2CP3C1CC=CC1. The Morgan fingerprint density at radius 1 is 1.11 bits per heavy atom. The van der Waals surface area contributed by atoms with Crippen LogP contribution in [0.15, 0.2) is 34.7 Å². The van der Waals surface area contributed by atoms with Gasteiger partial charge in [-0.3, -0.25) is 0 Å². The molecule has 1 heteroatoms. The maximum Gasteiger partial charge on any atom is -0.00331 e. The van der Waals surface area contributed by atoms with Crippen LogP contribution in [-0.4, -0.2) is 11.8 Å². The lowest BCUT2D eigenvalue weighted by Gasteiger charge is -2.27. The molecule has 4 atom stereocenters. The van der Waals surface area contributed by atoms with E-state index in [-0.39, 0.29) is 7.92 Å². The third kappa shape index (κ3) is 1.31. The van der Waals surface area contributed by atoms with Gasteiger partial charge in [0.05, 0.1) is 0 Å². The van der Waals surface area contributed by atoms with E-state index < -0.39 is 0 Å². The fraction of sp³-hybridized carbons (Fsp3) is 0.647. The van der Waals surface area contributed by atoms with Crippen LogP contribution in [0.5, 0.6) is 0 Å². The summed E-state index contributed by atoms with van der Waals surface area (Å²) in [5, 5.41) is 2.00. The van der Waals surface area contributed by atoms with Crippen LogP contribution in [0, 0.1) is 17.8 Å². The number of hydrogen-bond donors (Lipinski definition) is 0. The largest absolute Gasteiger partial charge is 0.0879 e. The van der Waals surface area contributed by atoms with Crippen molar-refractivity contribution in [2.24, 2.45) is 17.8 Å². The molecule has 0 aromatic carbocycles. The molecule has 18 heavy (non-hydrogen) atoms. The average Bonchev–Trinajstić information content (AvgIpc) is 3.08. The van der Waals surface area contributed by atoms with Crippen LogP contribution < -0.4 is 0 Å². The van der Waals surface area contributed by atoms with Crippen molar-refractivity contribution in [3.63, 3.8) is 0 Å². The molecule has 3 aliphatic carbocycles. The Balaban J connectivity index is 1.72. The number of rotatable bonds is 3. The summed E-state index contributed by atoms with van der Waals surface area (Å²) in [5.41, 5.74) is 4.68. The third-order valence-electron chi connectivity index (χ3n) is 5.62. The lowest BCUT2D eigenvalue weighted by atomic mass is 9.87. The first-order valence-electron chi connectivity index (χ1n) is 7.71. The van der Waals surface area contributed by atoms with E-state index in [9.17, 15) is 0 Å². The first-order valence-corrected chi connectivity index (χ1v) is 9.31. The molecule has 0 aromatic rings. The van der Waals surface area contributed by atoms with Crippen LogP contribution in [-0.2, 0) is 0 Å². The fourth-order valence-electron chi connectivity index (χ4n) is 4.90. The van der Waals surface area contributed by atoms with E-state index in [1.165, 1.54) is 31.8 Å². The molecule has 0 fully saturated rings. The molecule has 0 spiro atoms. The normalized spacial score (nSPS) is 41.3. The van der Waals surface area contributed by atoms with Gasteiger partial charge in [-0.2, -0.15) is 0 Å². The predicted octanol–water partition coefficient (Wildman–Crippen LogP) is 5.08. The average molecular weight is 258 g/mol. The fourth-order valence-corrected chi connectivity index (χ4v) is 8.52. The van der Waals surface area contributed by atoms with Crippen molar-refractivity contribution in [3.8, 4) is 0 Å². The molecule has 0 aromatic heterocycles. The zero-order chi connectivity index (χ0) is 12.3. The zero-order valence-corrected chi connectivity index (χ0v) is 12.4. The molecule has 0 radical (unpaired) electrons. The second-order valence-electron chi connectivity index (χ2n) is 6.32. The molecule has 1 heterocycles. The Morgan fingerprint density at radius 3 is 2.50 bits per heavy atom. The Labute approximate surface area is 112 Å². The molecule has 4 rings (SSSR count). The second-order valence-corrected chi connectivity index (χ2v) is 8.79. The molecule has 96 valence electrons. The van der Waals surface area contributed by atoms with Crippen molar-refractivity contribution in [1.29, 1.82) is 0 Å². The van der Waals surface area contributed by atoms with Gasteiger partial charge in [0.2, 0.25) is 0 Å². The molecule has 0 saturated heterocycles. The molecule has 4 aliphatic rings. The number of fused-ring (bicyclic) bond motifs is 1. The summed E-state index contributed by atoms with van der Waals surface area (Å²) in [6.45, 7) is 4.81. The number of allylic oxidation sites excluding steroid dienone is 6. The van der Waals surface area contributed by atoms with E-state index in [1.54, 1.807) is 5.57 Å². The lowest BCUT2D eigenvalue weighted by molar-refractivity contribution is 0.393. The standard InChI is InChI=1S/C17H23P/c1-3-13-15-9-11-10-18(12-7-5-6-8-12)17(16(11)13)14(15)4-2/h5-6,9,12-15H,3-4,7-8,10H2,1-2H3. The van der Waals surface area contributed by atoms with Crippen LogP contribution in [0.2, 0.25) is 0 Å². The Hall–Kier alpha value is -0.350. The van der Waals surface area contributed by atoms with Crippen molar-refractivity contribution in [2.75, 3.05) is 6.16 Å². The lowest BCUT2D eigenvalue weighted by Crippen LogP contribution is -2.13. The van der Waals surface area contributed by atoms with Gasteiger partial charge in [0.25, 0.3) is 0 Å². The van der Waals surface area contributed by atoms with Gasteiger partial charge in [-0.05, 0) is 71.7 Å². The first kappa shape index (κ1) is 11.5. The Bertz CT molecular complexity index is 460. The first-order chi connectivity index (χ1) is 8.85. The number of hydrogen-bond acceptors (Lipinski definition) is 0. The highest BCUT2D eigenvalue weighted by Gasteiger charge is 2.52. The quantitative estimate of drug-likeness (QED) is 0.489. The molecule has 0 amide bonds. The molecular weight excluding hydrogens is 235 g/mol. The minimum Gasteiger partial charge on any atom is -0.0879 e. The summed E-state index contributed by atoms with van der Waals surface area (Å²) in [5.74, 6) is 2.76. The van der Waals surface area contributed by atoms with Gasteiger partial charge in [0.1, 0.15) is 0 Å². The van der Waals surface area contributed by atoms with Crippen LogP contribution in [0.25, 0.3) is 0 Å². The summed E-state index contributed by atoms with van der Waals surface area (Å²) in [4.78, 5) is 0. The monoisotopic (exact) mass is 258 g/mol. The van der Waals surface area contributed by atoms with Crippen LogP contribution in [0.3, 0.4) is 0 Å². The van der Waals surface area contributed by atoms with Crippen LogP contribution in [0.1, 0.15) is 39.5 Å². The van der Waals surface area contributed by atoms with Gasteiger partial charge < -0.3 is 0 Å². The molecular formula is C17H23P. The van der Waals surface area contributed by atoms with E-state index in [0.717, 1.165) is 23.4 Å². The minimum absolute atomic E-state index is 0.187. The summed E-state index contributed by atoms with van der Waals surface area (Å²) in [7, 11) is 0.187.